The summed E-state index contributed by atoms with van der Waals surface area (Å²) in [5.74, 6) is 0. The molecule has 1 aromatic carbocycles. The molecule has 2 rings (SSSR count). The number of nitrogens with one attached hydrogen (secondary N) is 1. The molecule has 0 saturated heterocycles. The van der Waals surface area contributed by atoms with Gasteiger partial charge in [-0.15, -0.1) is 0 Å². The van der Waals surface area contributed by atoms with Crippen molar-refractivity contribution in [3.8, 4) is 5.69 Å². The van der Waals surface area contributed by atoms with E-state index in [1.54, 1.807) is 7.11 Å². The Morgan fingerprint density at radius 3 is 2.62 bits per heavy atom. The van der Waals surface area contributed by atoms with Gasteiger partial charge in [0.05, 0.1) is 18.0 Å². The summed E-state index contributed by atoms with van der Waals surface area (Å²) < 4.78 is 8.08. The number of rotatable bonds is 6. The van der Waals surface area contributed by atoms with E-state index in [1.165, 1.54) is 16.8 Å². The van der Waals surface area contributed by atoms with E-state index in [-0.39, 0.29) is 0 Å². The number of aryl methyl sites for hydroxylation is 1. The Morgan fingerprint density at radius 1 is 1.29 bits per heavy atom. The van der Waals surface area contributed by atoms with Gasteiger partial charge in [-0.3, -0.25) is 0 Å². The van der Waals surface area contributed by atoms with Gasteiger partial charge in [0.25, 0.3) is 0 Å². The molecule has 4 nitrogen and oxygen atoms in total. The lowest BCUT2D eigenvalue weighted by atomic mass is 10.2. The fraction of sp³-hybridized carbons (Fsp3) is 0.438. The second kappa shape index (κ2) is 7.20. The van der Waals surface area contributed by atoms with Gasteiger partial charge in [-0.1, -0.05) is 6.07 Å². The molecule has 0 atom stereocenters. The zero-order chi connectivity index (χ0) is 15.4. The molecule has 1 aromatic heterocycles. The standard InChI is InChI=1S/C16H22BrN3O/c1-11-12(2)19-20(13(11)3)16-6-5-14(9-15(16)17)10-18-7-8-21-4/h5-6,9,18H,7-8,10H2,1-4H3. The summed E-state index contributed by atoms with van der Waals surface area (Å²) in [5.41, 5.74) is 5.81. The van der Waals surface area contributed by atoms with E-state index >= 15 is 0 Å². The molecule has 2 aromatic rings. The third kappa shape index (κ3) is 3.73. The quantitative estimate of drug-likeness (QED) is 0.811. The Morgan fingerprint density at radius 2 is 2.05 bits per heavy atom. The van der Waals surface area contributed by atoms with E-state index in [0.29, 0.717) is 0 Å². The average molecular weight is 352 g/mol. The van der Waals surface area contributed by atoms with Crippen LogP contribution in [0.3, 0.4) is 0 Å². The predicted octanol–water partition coefficient (Wildman–Crippen LogP) is 3.30. The molecule has 0 aliphatic carbocycles. The van der Waals surface area contributed by atoms with Crippen LogP contribution in [0.1, 0.15) is 22.5 Å². The summed E-state index contributed by atoms with van der Waals surface area (Å²) in [6.07, 6.45) is 0. The molecule has 5 heteroatoms. The van der Waals surface area contributed by atoms with E-state index in [2.05, 4.69) is 58.4 Å². The van der Waals surface area contributed by atoms with Gasteiger partial charge in [0.1, 0.15) is 0 Å². The van der Waals surface area contributed by atoms with Gasteiger partial charge in [0.15, 0.2) is 0 Å². The second-order valence-corrected chi connectivity index (χ2v) is 6.02. The molecule has 0 fully saturated rings. The van der Waals surface area contributed by atoms with Crippen LogP contribution < -0.4 is 5.32 Å². The van der Waals surface area contributed by atoms with Crippen LogP contribution in [0.5, 0.6) is 0 Å². The van der Waals surface area contributed by atoms with Gasteiger partial charge in [-0.25, -0.2) is 4.68 Å². The van der Waals surface area contributed by atoms with Crippen LogP contribution >= 0.6 is 15.9 Å². The Hall–Kier alpha value is -1.17. The maximum absolute atomic E-state index is 5.02. The van der Waals surface area contributed by atoms with Gasteiger partial charge in [-0.2, -0.15) is 5.10 Å². The van der Waals surface area contributed by atoms with Gasteiger partial charge in [0, 0.05) is 30.4 Å². The lowest BCUT2D eigenvalue weighted by molar-refractivity contribution is 0.199. The summed E-state index contributed by atoms with van der Waals surface area (Å²) in [6.45, 7) is 8.66. The fourth-order valence-electron chi connectivity index (χ4n) is 2.19. The van der Waals surface area contributed by atoms with Crippen molar-refractivity contribution in [2.75, 3.05) is 20.3 Å². The van der Waals surface area contributed by atoms with E-state index in [4.69, 9.17) is 4.74 Å². The number of hydrogen-bond acceptors (Lipinski definition) is 3. The molecule has 0 bridgehead atoms. The van der Waals surface area contributed by atoms with E-state index in [9.17, 15) is 0 Å². The molecule has 0 spiro atoms. The number of aromatic nitrogens is 2. The van der Waals surface area contributed by atoms with Crippen LogP contribution in [-0.2, 0) is 11.3 Å². The van der Waals surface area contributed by atoms with Crippen molar-refractivity contribution in [3.05, 3.63) is 45.2 Å². The first kappa shape index (κ1) is 16.2. The molecule has 0 radical (unpaired) electrons. The van der Waals surface area contributed by atoms with Crippen LogP contribution in [0.2, 0.25) is 0 Å². The Kier molecular flexibility index (Phi) is 5.56. The lowest BCUT2D eigenvalue weighted by Crippen LogP contribution is -2.18. The van der Waals surface area contributed by atoms with Crippen molar-refractivity contribution in [2.45, 2.75) is 27.3 Å². The summed E-state index contributed by atoms with van der Waals surface area (Å²) in [4.78, 5) is 0. The van der Waals surface area contributed by atoms with Crippen LogP contribution in [0.25, 0.3) is 5.69 Å². The molecule has 1 heterocycles. The minimum absolute atomic E-state index is 0.726. The molecular weight excluding hydrogens is 330 g/mol. The van der Waals surface area contributed by atoms with Crippen LogP contribution in [0.4, 0.5) is 0 Å². The minimum atomic E-state index is 0.726. The average Bonchev–Trinajstić information content (AvgIpc) is 2.71. The Bertz CT molecular complexity index is 622. The summed E-state index contributed by atoms with van der Waals surface area (Å²) in [6, 6.07) is 6.38. The largest absolute Gasteiger partial charge is 0.383 e. The zero-order valence-corrected chi connectivity index (χ0v) is 14.6. The molecule has 0 amide bonds. The highest BCUT2D eigenvalue weighted by atomic mass is 79.9. The second-order valence-electron chi connectivity index (χ2n) is 5.16. The number of benzene rings is 1. The molecule has 0 saturated carbocycles. The molecule has 0 aliphatic heterocycles. The highest BCUT2D eigenvalue weighted by Gasteiger charge is 2.11. The first-order valence-corrected chi connectivity index (χ1v) is 7.85. The minimum Gasteiger partial charge on any atom is -0.383 e. The van der Waals surface area contributed by atoms with E-state index in [0.717, 1.165) is 35.6 Å². The van der Waals surface area contributed by atoms with Crippen molar-refractivity contribution < 1.29 is 4.74 Å². The predicted molar refractivity (Wildman–Crippen MR) is 89.1 cm³/mol. The summed E-state index contributed by atoms with van der Waals surface area (Å²) >= 11 is 3.66. The van der Waals surface area contributed by atoms with Crippen molar-refractivity contribution in [3.63, 3.8) is 0 Å². The Balaban J connectivity index is 2.17. The maximum atomic E-state index is 5.02. The van der Waals surface area contributed by atoms with Gasteiger partial charge in [-0.05, 0) is 60.0 Å². The van der Waals surface area contributed by atoms with E-state index < -0.39 is 0 Å². The summed E-state index contributed by atoms with van der Waals surface area (Å²) in [5, 5.41) is 7.96. The molecule has 114 valence electrons. The molecule has 1 N–H and O–H groups in total. The summed E-state index contributed by atoms with van der Waals surface area (Å²) in [7, 11) is 1.71. The van der Waals surface area contributed by atoms with Crippen LogP contribution in [0.15, 0.2) is 22.7 Å². The van der Waals surface area contributed by atoms with Crippen molar-refractivity contribution in [1.29, 1.82) is 0 Å². The normalized spacial score (nSPS) is 11.1. The first-order chi connectivity index (χ1) is 10.0. The van der Waals surface area contributed by atoms with Gasteiger partial charge >= 0.3 is 0 Å². The van der Waals surface area contributed by atoms with Gasteiger partial charge in [0.2, 0.25) is 0 Å². The van der Waals surface area contributed by atoms with Crippen molar-refractivity contribution in [1.82, 2.24) is 15.1 Å². The Labute approximate surface area is 134 Å². The number of hydrogen-bond donors (Lipinski definition) is 1. The van der Waals surface area contributed by atoms with Crippen molar-refractivity contribution >= 4 is 15.9 Å². The SMILES string of the molecule is COCCNCc1ccc(-n2nc(C)c(C)c2C)c(Br)c1. The fourth-order valence-corrected chi connectivity index (χ4v) is 2.79. The number of ether oxygens (including phenoxy) is 1. The topological polar surface area (TPSA) is 39.1 Å². The molecule has 0 aliphatic rings. The monoisotopic (exact) mass is 351 g/mol. The smallest absolute Gasteiger partial charge is 0.0791 e. The van der Waals surface area contributed by atoms with Crippen molar-refractivity contribution in [2.24, 2.45) is 0 Å². The van der Waals surface area contributed by atoms with E-state index in [1.807, 2.05) is 11.6 Å². The third-order valence-corrected chi connectivity index (χ3v) is 4.34. The third-order valence-electron chi connectivity index (χ3n) is 3.71. The highest BCUT2D eigenvalue weighted by molar-refractivity contribution is 9.10. The van der Waals surface area contributed by atoms with Crippen LogP contribution in [-0.4, -0.2) is 30.0 Å². The molecular formula is C16H22BrN3O. The number of nitrogens with zero attached hydrogens (tertiary/aromatic N) is 2. The number of halogens is 1. The first-order valence-electron chi connectivity index (χ1n) is 7.06. The molecule has 21 heavy (non-hydrogen) atoms. The lowest BCUT2D eigenvalue weighted by Gasteiger charge is -2.10. The van der Waals surface area contributed by atoms with Crippen LogP contribution in [0, 0.1) is 20.8 Å². The zero-order valence-electron chi connectivity index (χ0n) is 13.0. The highest BCUT2D eigenvalue weighted by Crippen LogP contribution is 2.25. The number of methoxy groups -OCH3 is 1. The van der Waals surface area contributed by atoms with Gasteiger partial charge < -0.3 is 10.1 Å². The maximum Gasteiger partial charge on any atom is 0.0791 e. The molecule has 0 unspecified atom stereocenters.